The molecule has 0 saturated carbocycles. The molecule has 0 radical (unpaired) electrons. The number of carbonyl (C=O) groups excluding carboxylic acids is 1. The molecule has 2 aromatic rings. The topological polar surface area (TPSA) is 81.9 Å². The normalized spacial score (nSPS) is 10.7. The maximum Gasteiger partial charge on any atom is 0.271 e. The van der Waals surface area contributed by atoms with E-state index in [0.717, 1.165) is 0 Å². The van der Waals surface area contributed by atoms with Crippen molar-refractivity contribution in [2.24, 2.45) is 5.10 Å². The Labute approximate surface area is 120 Å². The van der Waals surface area contributed by atoms with E-state index in [1.807, 2.05) is 0 Å². The number of hydrazone groups is 1. The molecular formula is C14H11ClN2O3. The Morgan fingerprint density at radius 2 is 2.00 bits per heavy atom. The zero-order valence-electron chi connectivity index (χ0n) is 10.2. The number of nitrogens with zero attached hydrogens (tertiary/aromatic N) is 1. The number of benzene rings is 2. The third-order valence-electron chi connectivity index (χ3n) is 2.47. The summed E-state index contributed by atoms with van der Waals surface area (Å²) in [7, 11) is 0. The lowest BCUT2D eigenvalue weighted by atomic mass is 10.2. The second-order valence-electron chi connectivity index (χ2n) is 3.95. The Hall–Kier alpha value is -2.53. The van der Waals surface area contributed by atoms with E-state index in [1.54, 1.807) is 18.2 Å². The molecule has 2 aromatic carbocycles. The van der Waals surface area contributed by atoms with E-state index in [1.165, 1.54) is 30.5 Å². The van der Waals surface area contributed by atoms with Crippen LogP contribution in [0.2, 0.25) is 5.02 Å². The second-order valence-corrected chi connectivity index (χ2v) is 4.39. The number of hydrogen-bond acceptors (Lipinski definition) is 4. The molecule has 0 bridgehead atoms. The van der Waals surface area contributed by atoms with Crippen LogP contribution in [0.15, 0.2) is 47.6 Å². The fourth-order valence-electron chi connectivity index (χ4n) is 1.50. The minimum Gasteiger partial charge on any atom is -0.508 e. The van der Waals surface area contributed by atoms with Crippen LogP contribution in [-0.4, -0.2) is 22.3 Å². The number of aromatic hydroxyl groups is 2. The van der Waals surface area contributed by atoms with E-state index in [-0.39, 0.29) is 11.5 Å². The van der Waals surface area contributed by atoms with Crippen molar-refractivity contribution >= 4 is 23.7 Å². The van der Waals surface area contributed by atoms with E-state index in [9.17, 15) is 9.90 Å². The molecule has 1 amide bonds. The van der Waals surface area contributed by atoms with Gasteiger partial charge >= 0.3 is 0 Å². The van der Waals surface area contributed by atoms with Crippen LogP contribution in [0.5, 0.6) is 11.5 Å². The van der Waals surface area contributed by atoms with Crippen molar-refractivity contribution in [2.75, 3.05) is 0 Å². The average molecular weight is 291 g/mol. The number of amides is 1. The van der Waals surface area contributed by atoms with Gasteiger partial charge < -0.3 is 10.2 Å². The Balaban J connectivity index is 2.04. The van der Waals surface area contributed by atoms with Gasteiger partial charge in [-0.05, 0) is 30.3 Å². The first-order valence-corrected chi connectivity index (χ1v) is 6.05. The standard InChI is InChI=1S/C14H11ClN2O3/c15-11-3-1-2-9(6-11)14(20)17-16-8-10-4-5-12(18)7-13(10)19/h1-8,18-19H,(H,17,20)/b16-8+. The summed E-state index contributed by atoms with van der Waals surface area (Å²) in [6, 6.07) is 10.5. The largest absolute Gasteiger partial charge is 0.508 e. The van der Waals surface area contributed by atoms with Crippen molar-refractivity contribution in [3.05, 3.63) is 58.6 Å². The lowest BCUT2D eigenvalue weighted by molar-refractivity contribution is 0.0955. The van der Waals surface area contributed by atoms with Crippen LogP contribution < -0.4 is 5.43 Å². The minimum atomic E-state index is -0.415. The molecule has 6 heteroatoms. The number of carbonyl (C=O) groups is 1. The fourth-order valence-corrected chi connectivity index (χ4v) is 1.69. The van der Waals surface area contributed by atoms with Crippen molar-refractivity contribution in [3.8, 4) is 11.5 Å². The SMILES string of the molecule is O=C(N/N=C/c1ccc(O)cc1O)c1cccc(Cl)c1. The van der Waals surface area contributed by atoms with Gasteiger partial charge in [0.1, 0.15) is 11.5 Å². The van der Waals surface area contributed by atoms with Crippen LogP contribution >= 0.6 is 11.6 Å². The van der Waals surface area contributed by atoms with Gasteiger partial charge in [0.25, 0.3) is 5.91 Å². The summed E-state index contributed by atoms with van der Waals surface area (Å²) < 4.78 is 0. The number of phenols is 2. The first kappa shape index (κ1) is 13.9. The third kappa shape index (κ3) is 3.49. The van der Waals surface area contributed by atoms with E-state index in [4.69, 9.17) is 16.7 Å². The smallest absolute Gasteiger partial charge is 0.271 e. The quantitative estimate of drug-likeness (QED) is 0.600. The Morgan fingerprint density at radius 3 is 2.70 bits per heavy atom. The highest BCUT2D eigenvalue weighted by Gasteiger charge is 2.04. The summed E-state index contributed by atoms with van der Waals surface area (Å²) in [5.74, 6) is -0.601. The average Bonchev–Trinajstić information content (AvgIpc) is 2.41. The Morgan fingerprint density at radius 1 is 1.20 bits per heavy atom. The fraction of sp³-hybridized carbons (Fsp3) is 0. The van der Waals surface area contributed by atoms with E-state index >= 15 is 0 Å². The van der Waals surface area contributed by atoms with Gasteiger partial charge in [0, 0.05) is 22.2 Å². The lowest BCUT2D eigenvalue weighted by Gasteiger charge is -2.01. The zero-order valence-corrected chi connectivity index (χ0v) is 11.0. The van der Waals surface area contributed by atoms with Crippen LogP contribution in [0.25, 0.3) is 0 Å². The summed E-state index contributed by atoms with van der Waals surface area (Å²) in [6.07, 6.45) is 1.28. The van der Waals surface area contributed by atoms with Gasteiger partial charge in [-0.25, -0.2) is 5.43 Å². The molecule has 3 N–H and O–H groups in total. The van der Waals surface area contributed by atoms with Crippen LogP contribution in [0.1, 0.15) is 15.9 Å². The first-order chi connectivity index (χ1) is 9.56. The highest BCUT2D eigenvalue weighted by molar-refractivity contribution is 6.30. The molecule has 0 unspecified atom stereocenters. The summed E-state index contributed by atoms with van der Waals surface area (Å²) in [6.45, 7) is 0. The molecule has 0 saturated heterocycles. The summed E-state index contributed by atoms with van der Waals surface area (Å²) in [5, 5.41) is 22.9. The molecule has 5 nitrogen and oxygen atoms in total. The van der Waals surface area contributed by atoms with Crippen LogP contribution in [0.3, 0.4) is 0 Å². The predicted octanol–water partition coefficient (Wildman–Crippen LogP) is 2.52. The highest BCUT2D eigenvalue weighted by atomic mass is 35.5. The van der Waals surface area contributed by atoms with Crippen molar-refractivity contribution < 1.29 is 15.0 Å². The molecule has 0 fully saturated rings. The van der Waals surface area contributed by atoms with Gasteiger partial charge in [0.05, 0.1) is 6.21 Å². The predicted molar refractivity (Wildman–Crippen MR) is 76.3 cm³/mol. The van der Waals surface area contributed by atoms with Gasteiger partial charge in [-0.1, -0.05) is 17.7 Å². The molecular weight excluding hydrogens is 280 g/mol. The molecule has 0 aliphatic heterocycles. The number of phenolic OH excluding ortho intramolecular Hbond substituents is 2. The monoisotopic (exact) mass is 290 g/mol. The summed E-state index contributed by atoms with van der Waals surface area (Å²) in [5.41, 5.74) is 3.06. The number of nitrogens with one attached hydrogen (secondary N) is 1. The summed E-state index contributed by atoms with van der Waals surface area (Å²) in [4.78, 5) is 11.7. The van der Waals surface area contributed by atoms with E-state index in [2.05, 4.69) is 10.5 Å². The molecule has 0 aliphatic carbocycles. The minimum absolute atomic E-state index is 0.0531. The van der Waals surface area contributed by atoms with Crippen LogP contribution in [0.4, 0.5) is 0 Å². The van der Waals surface area contributed by atoms with Gasteiger partial charge in [-0.3, -0.25) is 4.79 Å². The Kier molecular flexibility index (Phi) is 4.22. The highest BCUT2D eigenvalue weighted by Crippen LogP contribution is 2.20. The molecule has 0 aromatic heterocycles. The maximum absolute atomic E-state index is 11.7. The van der Waals surface area contributed by atoms with Gasteiger partial charge in [0.2, 0.25) is 0 Å². The number of hydrogen-bond donors (Lipinski definition) is 3. The van der Waals surface area contributed by atoms with E-state index < -0.39 is 5.91 Å². The van der Waals surface area contributed by atoms with Crippen molar-refractivity contribution in [2.45, 2.75) is 0 Å². The first-order valence-electron chi connectivity index (χ1n) is 5.67. The molecule has 0 atom stereocenters. The molecule has 0 aliphatic rings. The van der Waals surface area contributed by atoms with Crippen LogP contribution in [-0.2, 0) is 0 Å². The lowest BCUT2D eigenvalue weighted by Crippen LogP contribution is -2.17. The molecule has 2 rings (SSSR count). The van der Waals surface area contributed by atoms with Crippen LogP contribution in [0, 0.1) is 0 Å². The van der Waals surface area contributed by atoms with Gasteiger partial charge in [-0.15, -0.1) is 0 Å². The molecule has 0 spiro atoms. The van der Waals surface area contributed by atoms with Crippen molar-refractivity contribution in [1.29, 1.82) is 0 Å². The van der Waals surface area contributed by atoms with Crippen molar-refractivity contribution in [3.63, 3.8) is 0 Å². The van der Waals surface area contributed by atoms with Crippen molar-refractivity contribution in [1.82, 2.24) is 5.43 Å². The molecule has 102 valence electrons. The number of rotatable bonds is 3. The zero-order chi connectivity index (χ0) is 14.5. The summed E-state index contributed by atoms with van der Waals surface area (Å²) >= 11 is 5.78. The van der Waals surface area contributed by atoms with E-state index in [0.29, 0.717) is 16.1 Å². The van der Waals surface area contributed by atoms with Gasteiger partial charge in [-0.2, -0.15) is 5.10 Å². The molecule has 0 heterocycles. The maximum atomic E-state index is 11.7. The molecule has 20 heavy (non-hydrogen) atoms. The second kappa shape index (κ2) is 6.08. The van der Waals surface area contributed by atoms with Gasteiger partial charge in [0.15, 0.2) is 0 Å². The number of halogens is 1. The third-order valence-corrected chi connectivity index (χ3v) is 2.71. The Bertz CT molecular complexity index is 671.